The topological polar surface area (TPSA) is 66.6 Å². The van der Waals surface area contributed by atoms with Crippen molar-refractivity contribution in [2.75, 3.05) is 13.1 Å². The Bertz CT molecular complexity index is 449. The number of amides is 1. The van der Waals surface area contributed by atoms with Gasteiger partial charge < -0.3 is 10.8 Å². The normalized spacial score (nSPS) is 12.9. The Balaban J connectivity index is 2.96. The van der Waals surface area contributed by atoms with Gasteiger partial charge in [-0.05, 0) is 18.9 Å². The van der Waals surface area contributed by atoms with Crippen molar-refractivity contribution in [3.63, 3.8) is 0 Å². The van der Waals surface area contributed by atoms with Crippen LogP contribution in [-0.2, 0) is 4.79 Å². The molecule has 4 nitrogen and oxygen atoms in total. The van der Waals surface area contributed by atoms with Gasteiger partial charge >= 0.3 is 0 Å². The lowest BCUT2D eigenvalue weighted by molar-refractivity contribution is -0.119. The minimum absolute atomic E-state index is 0.106. The molecular formula is C14H21FN2O2. The first-order chi connectivity index (χ1) is 8.81. The molecule has 106 valence electrons. The van der Waals surface area contributed by atoms with Gasteiger partial charge in [0, 0.05) is 24.2 Å². The number of phenolic OH excluding ortho intramolecular Hbond substituents is 1. The molecule has 0 saturated heterocycles. The maximum absolute atomic E-state index is 13.0. The summed E-state index contributed by atoms with van der Waals surface area (Å²) in [5, 5.41) is 9.80. The molecule has 0 aliphatic heterocycles. The van der Waals surface area contributed by atoms with Crippen molar-refractivity contribution >= 4 is 5.91 Å². The van der Waals surface area contributed by atoms with Crippen LogP contribution >= 0.6 is 0 Å². The summed E-state index contributed by atoms with van der Waals surface area (Å²) in [4.78, 5) is 13.0. The first-order valence-electron chi connectivity index (χ1n) is 6.32. The molecule has 1 rings (SSSR count). The largest absolute Gasteiger partial charge is 0.508 e. The van der Waals surface area contributed by atoms with Crippen molar-refractivity contribution in [1.82, 2.24) is 4.90 Å². The molecule has 1 aromatic rings. The minimum Gasteiger partial charge on any atom is -0.508 e. The summed E-state index contributed by atoms with van der Waals surface area (Å²) < 4.78 is 13.0. The number of aromatic hydroxyl groups is 1. The first kappa shape index (κ1) is 15.4. The van der Waals surface area contributed by atoms with E-state index in [0.717, 1.165) is 6.07 Å². The lowest BCUT2D eigenvalue weighted by Crippen LogP contribution is -2.38. The fourth-order valence-corrected chi connectivity index (χ4v) is 2.10. The molecule has 0 aromatic heterocycles. The van der Waals surface area contributed by atoms with Gasteiger partial charge in [-0.2, -0.15) is 0 Å². The SMILES string of the molecule is CC(C)CN(CC(N)=O)C(C)c1ccc(F)cc1O. The lowest BCUT2D eigenvalue weighted by Gasteiger charge is -2.30. The van der Waals surface area contributed by atoms with Crippen LogP contribution in [0.1, 0.15) is 32.4 Å². The molecule has 1 aromatic carbocycles. The van der Waals surface area contributed by atoms with Crippen molar-refractivity contribution < 1.29 is 14.3 Å². The van der Waals surface area contributed by atoms with E-state index < -0.39 is 11.7 Å². The molecule has 0 spiro atoms. The zero-order valence-electron chi connectivity index (χ0n) is 11.6. The second kappa shape index (κ2) is 6.52. The highest BCUT2D eigenvalue weighted by Crippen LogP contribution is 2.29. The number of rotatable bonds is 6. The average Bonchev–Trinajstić information content (AvgIpc) is 2.26. The van der Waals surface area contributed by atoms with Crippen LogP contribution in [0.25, 0.3) is 0 Å². The maximum Gasteiger partial charge on any atom is 0.231 e. The summed E-state index contributed by atoms with van der Waals surface area (Å²) in [6.07, 6.45) is 0. The number of nitrogens with zero attached hydrogens (tertiary/aromatic N) is 1. The minimum atomic E-state index is -0.487. The number of hydrogen-bond donors (Lipinski definition) is 2. The summed E-state index contributed by atoms with van der Waals surface area (Å²) in [5.41, 5.74) is 5.83. The molecule has 5 heteroatoms. The number of hydrogen-bond acceptors (Lipinski definition) is 3. The van der Waals surface area contributed by atoms with Crippen molar-refractivity contribution in [3.05, 3.63) is 29.6 Å². The molecule has 0 radical (unpaired) electrons. The zero-order chi connectivity index (χ0) is 14.6. The average molecular weight is 268 g/mol. The zero-order valence-corrected chi connectivity index (χ0v) is 11.6. The molecule has 1 amide bonds. The Kier molecular flexibility index (Phi) is 5.30. The molecule has 1 unspecified atom stereocenters. The quantitative estimate of drug-likeness (QED) is 0.829. The van der Waals surface area contributed by atoms with Crippen molar-refractivity contribution in [1.29, 1.82) is 0 Å². The maximum atomic E-state index is 13.0. The molecule has 19 heavy (non-hydrogen) atoms. The van der Waals surface area contributed by atoms with Crippen LogP contribution in [0.3, 0.4) is 0 Å². The Labute approximate surface area is 113 Å². The van der Waals surface area contributed by atoms with Gasteiger partial charge in [0.15, 0.2) is 0 Å². The molecule has 0 aliphatic rings. The Hall–Kier alpha value is -1.62. The van der Waals surface area contributed by atoms with E-state index in [4.69, 9.17) is 5.73 Å². The highest BCUT2D eigenvalue weighted by atomic mass is 19.1. The Morgan fingerprint density at radius 1 is 1.42 bits per heavy atom. The highest BCUT2D eigenvalue weighted by molar-refractivity contribution is 5.76. The number of phenols is 1. The van der Waals surface area contributed by atoms with E-state index in [1.807, 2.05) is 25.7 Å². The van der Waals surface area contributed by atoms with Crippen molar-refractivity contribution in [3.8, 4) is 5.75 Å². The highest BCUT2D eigenvalue weighted by Gasteiger charge is 2.21. The summed E-state index contributed by atoms with van der Waals surface area (Å²) in [5.74, 6) is -0.664. The summed E-state index contributed by atoms with van der Waals surface area (Å²) in [6, 6.07) is 3.69. The van der Waals surface area contributed by atoms with Crippen LogP contribution in [0.5, 0.6) is 5.75 Å². The number of benzene rings is 1. The molecule has 0 saturated carbocycles. The van der Waals surface area contributed by atoms with E-state index in [-0.39, 0.29) is 18.3 Å². The third kappa shape index (κ3) is 4.52. The van der Waals surface area contributed by atoms with Gasteiger partial charge in [-0.3, -0.25) is 9.69 Å². The number of halogens is 1. The van der Waals surface area contributed by atoms with Crippen LogP contribution in [0.2, 0.25) is 0 Å². The van der Waals surface area contributed by atoms with E-state index in [1.54, 1.807) is 0 Å². The monoisotopic (exact) mass is 268 g/mol. The summed E-state index contributed by atoms with van der Waals surface area (Å²) >= 11 is 0. The third-order valence-electron chi connectivity index (χ3n) is 2.95. The van der Waals surface area contributed by atoms with Gasteiger partial charge in [-0.1, -0.05) is 19.9 Å². The number of carbonyl (C=O) groups excluding carboxylic acids is 1. The van der Waals surface area contributed by atoms with E-state index in [9.17, 15) is 14.3 Å². The van der Waals surface area contributed by atoms with Gasteiger partial charge in [0.2, 0.25) is 5.91 Å². The van der Waals surface area contributed by atoms with E-state index in [2.05, 4.69) is 0 Å². The number of primary amides is 1. The van der Waals surface area contributed by atoms with Gasteiger partial charge in [0.25, 0.3) is 0 Å². The second-order valence-electron chi connectivity index (χ2n) is 5.17. The van der Waals surface area contributed by atoms with Gasteiger partial charge in [0.05, 0.1) is 6.54 Å². The smallest absolute Gasteiger partial charge is 0.231 e. The van der Waals surface area contributed by atoms with Crippen LogP contribution in [0, 0.1) is 11.7 Å². The molecule has 0 aliphatic carbocycles. The number of nitrogens with two attached hydrogens (primary N) is 1. The molecule has 1 atom stereocenters. The van der Waals surface area contributed by atoms with Crippen molar-refractivity contribution in [2.24, 2.45) is 11.7 Å². The van der Waals surface area contributed by atoms with Gasteiger partial charge in [-0.15, -0.1) is 0 Å². The van der Waals surface area contributed by atoms with E-state index in [1.165, 1.54) is 12.1 Å². The van der Waals surface area contributed by atoms with E-state index in [0.29, 0.717) is 18.0 Å². The summed E-state index contributed by atoms with van der Waals surface area (Å²) in [7, 11) is 0. The summed E-state index contributed by atoms with van der Waals surface area (Å²) in [6.45, 7) is 6.70. The third-order valence-corrected chi connectivity index (χ3v) is 2.95. The molecule has 0 bridgehead atoms. The Morgan fingerprint density at radius 2 is 2.05 bits per heavy atom. The molecular weight excluding hydrogens is 247 g/mol. The number of carbonyl (C=O) groups is 1. The predicted molar refractivity (Wildman–Crippen MR) is 72.1 cm³/mol. The fraction of sp³-hybridized carbons (Fsp3) is 0.500. The lowest BCUT2D eigenvalue weighted by atomic mass is 10.0. The van der Waals surface area contributed by atoms with Crippen LogP contribution in [0.4, 0.5) is 4.39 Å². The molecule has 3 N–H and O–H groups in total. The fourth-order valence-electron chi connectivity index (χ4n) is 2.10. The molecule has 0 heterocycles. The van der Waals surface area contributed by atoms with Crippen LogP contribution in [0.15, 0.2) is 18.2 Å². The van der Waals surface area contributed by atoms with E-state index >= 15 is 0 Å². The van der Waals surface area contributed by atoms with Crippen LogP contribution < -0.4 is 5.73 Å². The van der Waals surface area contributed by atoms with Gasteiger partial charge in [-0.25, -0.2) is 4.39 Å². The van der Waals surface area contributed by atoms with Gasteiger partial charge in [0.1, 0.15) is 11.6 Å². The standard InChI is InChI=1S/C14H21FN2O2/c1-9(2)7-17(8-14(16)19)10(3)12-5-4-11(15)6-13(12)18/h4-6,9-10,18H,7-8H2,1-3H3,(H2,16,19). The first-order valence-corrected chi connectivity index (χ1v) is 6.32. The molecule has 0 fully saturated rings. The predicted octanol–water partition coefficient (Wildman–Crippen LogP) is 2.04. The Morgan fingerprint density at radius 3 is 2.53 bits per heavy atom. The van der Waals surface area contributed by atoms with Crippen LogP contribution in [-0.4, -0.2) is 29.0 Å². The second-order valence-corrected chi connectivity index (χ2v) is 5.17. The van der Waals surface area contributed by atoms with Crippen molar-refractivity contribution in [2.45, 2.75) is 26.8 Å².